The van der Waals surface area contributed by atoms with Crippen LogP contribution in [-0.4, -0.2) is 85.5 Å². The van der Waals surface area contributed by atoms with Crippen LogP contribution in [0.2, 0.25) is 0 Å². The molecule has 0 rings (SSSR count). The Hall–Kier alpha value is -0.770. The highest BCUT2D eigenvalue weighted by atomic mass is 32.2. The number of aliphatic hydroxyl groups excluding tert-OH is 2. The van der Waals surface area contributed by atoms with Crippen LogP contribution in [0.1, 0.15) is 6.92 Å². The maximum atomic E-state index is 13.9. The molecule has 0 saturated carbocycles. The summed E-state index contributed by atoms with van der Waals surface area (Å²) in [6, 6.07) is 0. The summed E-state index contributed by atoms with van der Waals surface area (Å²) in [5.41, 5.74) is -5.87. The first-order chi connectivity index (χ1) is 11.5. The molecule has 1 atom stereocenters. The molecule has 0 heterocycles. The maximum Gasteiger partial charge on any atom is 0.428 e. The summed E-state index contributed by atoms with van der Waals surface area (Å²) in [4.78, 5) is 0. The monoisotopic (exact) mass is 427 g/mol. The number of alkyl halides is 8. The van der Waals surface area contributed by atoms with Crippen molar-refractivity contribution in [3.05, 3.63) is 0 Å². The van der Waals surface area contributed by atoms with E-state index in [1.54, 1.807) is 0 Å². The predicted octanol–water partition coefficient (Wildman–Crippen LogP) is 1.14. The molecule has 0 aliphatic carbocycles. The third-order valence-electron chi connectivity index (χ3n) is 3.22. The molecule has 0 spiro atoms. The fourth-order valence-corrected chi connectivity index (χ4v) is 3.05. The van der Waals surface area contributed by atoms with Gasteiger partial charge in [0.25, 0.3) is 15.7 Å². The SMILES string of the molecule is CC(F)(C(F)(F)F)C(F)(F)C(F)(F)S(=O)(=O)N(CCO)CCOCCO. The Kier molecular flexibility index (Phi) is 8.24. The van der Waals surface area contributed by atoms with E-state index >= 15 is 0 Å². The van der Waals surface area contributed by atoms with Crippen molar-refractivity contribution in [2.24, 2.45) is 0 Å². The fraction of sp³-hybridized carbons (Fsp3) is 1.00. The van der Waals surface area contributed by atoms with Gasteiger partial charge >= 0.3 is 17.4 Å². The van der Waals surface area contributed by atoms with Crippen LogP contribution in [-0.2, 0) is 14.8 Å². The summed E-state index contributed by atoms with van der Waals surface area (Å²) in [6.45, 7) is -5.95. The highest BCUT2D eigenvalue weighted by Gasteiger charge is 2.82. The number of hydrogen-bond acceptors (Lipinski definition) is 5. The lowest BCUT2D eigenvalue weighted by atomic mass is 9.99. The van der Waals surface area contributed by atoms with Crippen molar-refractivity contribution >= 4 is 10.0 Å². The van der Waals surface area contributed by atoms with E-state index < -0.39 is 77.2 Å². The van der Waals surface area contributed by atoms with Crippen LogP contribution in [0.15, 0.2) is 0 Å². The Bertz CT molecular complexity index is 551. The number of ether oxygens (including phenoxy) is 1. The largest absolute Gasteiger partial charge is 0.428 e. The van der Waals surface area contributed by atoms with Crippen LogP contribution < -0.4 is 0 Å². The van der Waals surface area contributed by atoms with E-state index in [0.29, 0.717) is 0 Å². The number of nitrogens with zero attached hydrogens (tertiary/aromatic N) is 1. The van der Waals surface area contributed by atoms with Crippen LogP contribution in [0.25, 0.3) is 0 Å². The van der Waals surface area contributed by atoms with Crippen molar-refractivity contribution in [2.75, 3.05) is 39.5 Å². The van der Waals surface area contributed by atoms with Gasteiger partial charge in [0.05, 0.1) is 26.4 Å². The van der Waals surface area contributed by atoms with E-state index in [2.05, 4.69) is 4.74 Å². The lowest BCUT2D eigenvalue weighted by Gasteiger charge is -2.37. The minimum absolute atomic E-state index is 0.379. The molecule has 0 bridgehead atoms. The third kappa shape index (κ3) is 4.55. The Morgan fingerprint density at radius 1 is 0.885 bits per heavy atom. The minimum Gasteiger partial charge on any atom is -0.395 e. The van der Waals surface area contributed by atoms with Crippen molar-refractivity contribution in [1.29, 1.82) is 0 Å². The van der Waals surface area contributed by atoms with Gasteiger partial charge in [-0.3, -0.25) is 0 Å². The highest BCUT2D eigenvalue weighted by molar-refractivity contribution is 7.90. The average Bonchev–Trinajstić information content (AvgIpc) is 2.48. The zero-order valence-electron chi connectivity index (χ0n) is 13.2. The zero-order valence-corrected chi connectivity index (χ0v) is 14.1. The number of aliphatic hydroxyl groups is 2. The van der Waals surface area contributed by atoms with Gasteiger partial charge in [0.2, 0.25) is 0 Å². The normalized spacial score (nSPS) is 16.8. The molecule has 15 heteroatoms. The van der Waals surface area contributed by atoms with Gasteiger partial charge in [-0.15, -0.1) is 0 Å². The predicted molar refractivity (Wildman–Crippen MR) is 70.9 cm³/mol. The van der Waals surface area contributed by atoms with Gasteiger partial charge in [0.1, 0.15) is 0 Å². The van der Waals surface area contributed by atoms with Crippen LogP contribution in [0.3, 0.4) is 0 Å². The van der Waals surface area contributed by atoms with E-state index in [1.165, 1.54) is 0 Å². The second-order valence-electron chi connectivity index (χ2n) is 5.06. The average molecular weight is 427 g/mol. The van der Waals surface area contributed by atoms with Gasteiger partial charge in [-0.25, -0.2) is 12.8 Å². The van der Waals surface area contributed by atoms with E-state index in [-0.39, 0.29) is 6.61 Å². The van der Waals surface area contributed by atoms with Gasteiger partial charge in [-0.05, 0) is 6.92 Å². The van der Waals surface area contributed by atoms with Crippen molar-refractivity contribution in [1.82, 2.24) is 4.31 Å². The zero-order chi connectivity index (χ0) is 21.0. The lowest BCUT2D eigenvalue weighted by Crippen LogP contribution is -2.66. The summed E-state index contributed by atoms with van der Waals surface area (Å²) in [5.74, 6) is -6.68. The summed E-state index contributed by atoms with van der Waals surface area (Å²) in [5, 5.41) is 10.6. The molecule has 0 aromatic heterocycles. The second-order valence-corrected chi connectivity index (χ2v) is 7.03. The van der Waals surface area contributed by atoms with Crippen LogP contribution in [0, 0.1) is 0 Å². The number of sulfonamides is 1. The molecule has 0 aromatic rings. The van der Waals surface area contributed by atoms with Crippen LogP contribution in [0.5, 0.6) is 0 Å². The Morgan fingerprint density at radius 3 is 1.77 bits per heavy atom. The topological polar surface area (TPSA) is 87.1 Å². The Balaban J connectivity index is 5.87. The van der Waals surface area contributed by atoms with Crippen LogP contribution in [0.4, 0.5) is 35.1 Å². The molecule has 0 aromatic carbocycles. The number of hydrogen-bond donors (Lipinski definition) is 2. The number of halogens is 8. The van der Waals surface area contributed by atoms with Gasteiger partial charge in [-0.1, -0.05) is 0 Å². The number of rotatable bonds is 11. The summed E-state index contributed by atoms with van der Waals surface area (Å²) in [7, 11) is -6.54. The molecule has 1 unspecified atom stereocenters. The van der Waals surface area contributed by atoms with Crippen molar-refractivity contribution in [3.63, 3.8) is 0 Å². The van der Waals surface area contributed by atoms with E-state index in [1.807, 2.05) is 0 Å². The Labute approximate surface area is 143 Å². The molecule has 158 valence electrons. The van der Waals surface area contributed by atoms with E-state index in [4.69, 9.17) is 10.2 Å². The summed E-state index contributed by atoms with van der Waals surface area (Å²) in [6.07, 6.45) is -6.50. The van der Waals surface area contributed by atoms with E-state index in [9.17, 15) is 43.5 Å². The lowest BCUT2D eigenvalue weighted by molar-refractivity contribution is -0.330. The molecule has 26 heavy (non-hydrogen) atoms. The van der Waals surface area contributed by atoms with Crippen molar-refractivity contribution < 1.29 is 58.5 Å². The molecule has 2 N–H and O–H groups in total. The van der Waals surface area contributed by atoms with E-state index in [0.717, 1.165) is 0 Å². The molecule has 6 nitrogen and oxygen atoms in total. The van der Waals surface area contributed by atoms with Gasteiger partial charge in [0, 0.05) is 13.1 Å². The molecular weight excluding hydrogens is 410 g/mol. The molecule has 0 saturated heterocycles. The van der Waals surface area contributed by atoms with Gasteiger partial charge in [0.15, 0.2) is 0 Å². The summed E-state index contributed by atoms with van der Waals surface area (Å²) >= 11 is 0. The molecule has 0 fully saturated rings. The second kappa shape index (κ2) is 8.50. The third-order valence-corrected chi connectivity index (χ3v) is 5.17. The van der Waals surface area contributed by atoms with Gasteiger partial charge < -0.3 is 14.9 Å². The quantitative estimate of drug-likeness (QED) is 0.382. The maximum absolute atomic E-state index is 13.9. The molecule has 0 radical (unpaired) electrons. The molecular formula is C11H17F8NO5S. The van der Waals surface area contributed by atoms with Crippen LogP contribution >= 0.6 is 0 Å². The van der Waals surface area contributed by atoms with Crippen molar-refractivity contribution in [2.45, 2.75) is 29.9 Å². The van der Waals surface area contributed by atoms with Crippen molar-refractivity contribution in [3.8, 4) is 0 Å². The molecule has 0 aliphatic heterocycles. The minimum atomic E-state index is -6.68. The highest BCUT2D eigenvalue weighted by Crippen LogP contribution is 2.54. The first kappa shape index (κ1) is 25.2. The van der Waals surface area contributed by atoms with Gasteiger partial charge in [-0.2, -0.15) is 35.0 Å². The Morgan fingerprint density at radius 2 is 1.38 bits per heavy atom. The molecule has 0 amide bonds. The first-order valence-electron chi connectivity index (χ1n) is 6.82. The smallest absolute Gasteiger partial charge is 0.395 e. The summed E-state index contributed by atoms with van der Waals surface area (Å²) < 4.78 is 133. The fourth-order valence-electron chi connectivity index (χ4n) is 1.57. The standard InChI is InChI=1S/C11H17F8NO5S/c1-8(12,10(15,16)17)9(13,14)11(18,19)26(23,24)20(2-4-21)3-6-25-7-5-22/h21-22H,2-7H2,1H3. The molecule has 0 aliphatic rings. The first-order valence-corrected chi connectivity index (χ1v) is 8.26.